The first-order valence-corrected chi connectivity index (χ1v) is 8.55. The van der Waals surface area contributed by atoms with Gasteiger partial charge in [0.25, 0.3) is 5.91 Å². The fraction of sp³-hybridized carbons (Fsp3) is 0.421. The van der Waals surface area contributed by atoms with E-state index < -0.39 is 17.0 Å². The standard InChI is InChI=1S/C19H21F2N3O2/c1-13-9-23-17(10-22-13)18(26)24-6-2-5-19(11-24,12-25)8-14-3-4-15(20)7-16(14)21/h3-4,7,9-10,25H,2,5-6,8,11-12H2,1H3. The lowest BCUT2D eigenvalue weighted by Crippen LogP contribution is -2.49. The molecule has 5 nitrogen and oxygen atoms in total. The zero-order valence-electron chi connectivity index (χ0n) is 14.6. The first-order chi connectivity index (χ1) is 12.4. The topological polar surface area (TPSA) is 66.3 Å². The van der Waals surface area contributed by atoms with Crippen LogP contribution in [0, 0.1) is 24.0 Å². The molecule has 0 spiro atoms. The average Bonchev–Trinajstić information content (AvgIpc) is 2.64. The van der Waals surface area contributed by atoms with E-state index in [4.69, 9.17) is 0 Å². The Labute approximate surface area is 150 Å². The van der Waals surface area contributed by atoms with Crippen LogP contribution in [0.3, 0.4) is 0 Å². The number of piperidine rings is 1. The van der Waals surface area contributed by atoms with Gasteiger partial charge in [-0.15, -0.1) is 0 Å². The molecule has 26 heavy (non-hydrogen) atoms. The Bertz CT molecular complexity index is 798. The lowest BCUT2D eigenvalue weighted by Gasteiger charge is -2.42. The number of benzene rings is 1. The molecule has 1 N–H and O–H groups in total. The molecule has 1 fully saturated rings. The van der Waals surface area contributed by atoms with Crippen molar-refractivity contribution >= 4 is 5.91 Å². The van der Waals surface area contributed by atoms with Gasteiger partial charge in [-0.05, 0) is 37.8 Å². The molecule has 138 valence electrons. The summed E-state index contributed by atoms with van der Waals surface area (Å²) >= 11 is 0. The fourth-order valence-corrected chi connectivity index (χ4v) is 3.44. The Balaban J connectivity index is 1.79. The molecule has 1 aromatic carbocycles. The number of carbonyl (C=O) groups is 1. The van der Waals surface area contributed by atoms with Crippen LogP contribution in [-0.2, 0) is 6.42 Å². The largest absolute Gasteiger partial charge is 0.396 e. The molecule has 0 radical (unpaired) electrons. The van der Waals surface area contributed by atoms with Crippen LogP contribution in [0.25, 0.3) is 0 Å². The van der Waals surface area contributed by atoms with Crippen molar-refractivity contribution in [2.45, 2.75) is 26.2 Å². The molecule has 1 amide bonds. The number of likely N-dealkylation sites (tertiary alicyclic amines) is 1. The highest BCUT2D eigenvalue weighted by molar-refractivity contribution is 5.92. The summed E-state index contributed by atoms with van der Waals surface area (Å²) in [4.78, 5) is 22.5. The predicted molar refractivity (Wildman–Crippen MR) is 91.5 cm³/mol. The highest BCUT2D eigenvalue weighted by atomic mass is 19.1. The smallest absolute Gasteiger partial charge is 0.274 e. The van der Waals surface area contributed by atoms with Crippen molar-refractivity contribution < 1.29 is 18.7 Å². The summed E-state index contributed by atoms with van der Waals surface area (Å²) in [6.07, 6.45) is 4.55. The third-order valence-corrected chi connectivity index (χ3v) is 4.86. The summed E-state index contributed by atoms with van der Waals surface area (Å²) in [5.74, 6) is -1.53. The van der Waals surface area contributed by atoms with Gasteiger partial charge >= 0.3 is 0 Å². The van der Waals surface area contributed by atoms with Crippen LogP contribution >= 0.6 is 0 Å². The van der Waals surface area contributed by atoms with Gasteiger partial charge in [-0.25, -0.2) is 13.8 Å². The van der Waals surface area contributed by atoms with Crippen LogP contribution < -0.4 is 0 Å². The zero-order chi connectivity index (χ0) is 18.7. The lowest BCUT2D eigenvalue weighted by molar-refractivity contribution is 0.0264. The number of hydrogen-bond acceptors (Lipinski definition) is 4. The second kappa shape index (κ2) is 7.45. The molecule has 2 heterocycles. The second-order valence-corrected chi connectivity index (χ2v) is 6.94. The van der Waals surface area contributed by atoms with Gasteiger partial charge in [-0.2, -0.15) is 0 Å². The molecule has 1 atom stereocenters. The van der Waals surface area contributed by atoms with Crippen molar-refractivity contribution in [3.8, 4) is 0 Å². The minimum atomic E-state index is -0.662. The number of aryl methyl sites for hydroxylation is 1. The summed E-state index contributed by atoms with van der Waals surface area (Å²) in [6, 6.07) is 3.44. The molecule has 0 aliphatic carbocycles. The van der Waals surface area contributed by atoms with Crippen LogP contribution in [0.4, 0.5) is 8.78 Å². The predicted octanol–water partition coefficient (Wildman–Crippen LogP) is 2.52. The van der Waals surface area contributed by atoms with E-state index in [1.807, 2.05) is 0 Å². The van der Waals surface area contributed by atoms with Crippen molar-refractivity contribution in [2.24, 2.45) is 5.41 Å². The molecule has 2 aromatic rings. The van der Waals surface area contributed by atoms with Crippen molar-refractivity contribution in [1.82, 2.24) is 14.9 Å². The average molecular weight is 361 g/mol. The highest BCUT2D eigenvalue weighted by Gasteiger charge is 2.38. The number of amides is 1. The van der Waals surface area contributed by atoms with Gasteiger partial charge in [0.15, 0.2) is 0 Å². The van der Waals surface area contributed by atoms with E-state index in [1.165, 1.54) is 24.5 Å². The van der Waals surface area contributed by atoms with E-state index in [2.05, 4.69) is 9.97 Å². The minimum absolute atomic E-state index is 0.187. The number of nitrogens with zero attached hydrogens (tertiary/aromatic N) is 3. The quantitative estimate of drug-likeness (QED) is 0.909. The Morgan fingerprint density at radius 1 is 1.31 bits per heavy atom. The molecular formula is C19H21F2N3O2. The second-order valence-electron chi connectivity index (χ2n) is 6.94. The van der Waals surface area contributed by atoms with E-state index in [0.29, 0.717) is 24.9 Å². The van der Waals surface area contributed by atoms with Crippen LogP contribution in [0.5, 0.6) is 0 Å². The van der Waals surface area contributed by atoms with E-state index in [1.54, 1.807) is 11.8 Å². The molecule has 0 saturated carbocycles. The van der Waals surface area contributed by atoms with E-state index in [0.717, 1.165) is 11.8 Å². The molecule has 1 aliphatic heterocycles. The molecule has 1 unspecified atom stereocenters. The number of rotatable bonds is 4. The summed E-state index contributed by atoms with van der Waals surface area (Å²) in [5, 5.41) is 9.99. The third-order valence-electron chi connectivity index (χ3n) is 4.86. The molecule has 0 bridgehead atoms. The Morgan fingerprint density at radius 3 is 2.77 bits per heavy atom. The zero-order valence-corrected chi connectivity index (χ0v) is 14.6. The van der Waals surface area contributed by atoms with E-state index in [-0.39, 0.29) is 31.2 Å². The molecule has 1 aliphatic rings. The Hall–Kier alpha value is -2.41. The van der Waals surface area contributed by atoms with Crippen LogP contribution in [0.2, 0.25) is 0 Å². The van der Waals surface area contributed by atoms with Crippen LogP contribution in [0.15, 0.2) is 30.6 Å². The Kier molecular flexibility index (Phi) is 5.27. The Morgan fingerprint density at radius 2 is 2.12 bits per heavy atom. The number of hydrogen-bond donors (Lipinski definition) is 1. The molecule has 1 saturated heterocycles. The number of carbonyl (C=O) groups excluding carboxylic acids is 1. The maximum atomic E-state index is 14.0. The van der Waals surface area contributed by atoms with Crippen LogP contribution in [-0.4, -0.2) is 45.6 Å². The lowest BCUT2D eigenvalue weighted by atomic mass is 9.75. The van der Waals surface area contributed by atoms with Crippen molar-refractivity contribution in [3.63, 3.8) is 0 Å². The molecule has 7 heteroatoms. The minimum Gasteiger partial charge on any atom is -0.396 e. The van der Waals surface area contributed by atoms with Crippen molar-refractivity contribution in [3.05, 3.63) is 59.2 Å². The molecular weight excluding hydrogens is 340 g/mol. The summed E-state index contributed by atoms with van der Waals surface area (Å²) in [6.45, 7) is 2.43. The summed E-state index contributed by atoms with van der Waals surface area (Å²) in [7, 11) is 0. The van der Waals surface area contributed by atoms with E-state index >= 15 is 0 Å². The molecule has 3 rings (SSSR count). The summed E-state index contributed by atoms with van der Waals surface area (Å²) in [5.41, 5.74) is 0.643. The third kappa shape index (κ3) is 3.88. The number of aliphatic hydroxyl groups excluding tert-OH is 1. The fourth-order valence-electron chi connectivity index (χ4n) is 3.44. The number of halogens is 2. The van der Waals surface area contributed by atoms with Gasteiger partial charge < -0.3 is 10.0 Å². The van der Waals surface area contributed by atoms with Gasteiger partial charge in [0, 0.05) is 30.8 Å². The van der Waals surface area contributed by atoms with Gasteiger partial charge in [0.1, 0.15) is 17.3 Å². The van der Waals surface area contributed by atoms with Crippen molar-refractivity contribution in [2.75, 3.05) is 19.7 Å². The first-order valence-electron chi connectivity index (χ1n) is 8.55. The number of aliphatic hydroxyl groups is 1. The van der Waals surface area contributed by atoms with E-state index in [9.17, 15) is 18.7 Å². The summed E-state index contributed by atoms with van der Waals surface area (Å²) < 4.78 is 27.2. The normalized spacial score (nSPS) is 20.2. The SMILES string of the molecule is Cc1cnc(C(=O)N2CCCC(CO)(Cc3ccc(F)cc3F)C2)cn1. The van der Waals surface area contributed by atoms with Gasteiger partial charge in [-0.1, -0.05) is 6.07 Å². The first kappa shape index (κ1) is 18.4. The highest BCUT2D eigenvalue weighted by Crippen LogP contribution is 2.34. The maximum Gasteiger partial charge on any atom is 0.274 e. The van der Waals surface area contributed by atoms with Crippen molar-refractivity contribution in [1.29, 1.82) is 0 Å². The number of aromatic nitrogens is 2. The van der Waals surface area contributed by atoms with Gasteiger partial charge in [0.05, 0.1) is 18.5 Å². The molecule has 1 aromatic heterocycles. The van der Waals surface area contributed by atoms with Crippen LogP contribution in [0.1, 0.15) is 34.6 Å². The maximum absolute atomic E-state index is 14.0. The monoisotopic (exact) mass is 361 g/mol. The van der Waals surface area contributed by atoms with Gasteiger partial charge in [0.2, 0.25) is 0 Å². The van der Waals surface area contributed by atoms with Gasteiger partial charge in [-0.3, -0.25) is 9.78 Å².